The number of nitrogens with one attached hydrogen (secondary N) is 1. The fourth-order valence-electron chi connectivity index (χ4n) is 3.64. The standard InChI is InChI=1S/C16H28N2O2/c1-15(2)8-9-18(10-15)11-16(12-4-5-12,14(19)20-3)17-13-6-7-13/h12-13,17H,4-11H2,1-3H3. The molecule has 3 fully saturated rings. The summed E-state index contributed by atoms with van der Waals surface area (Å²) >= 11 is 0. The van der Waals surface area contributed by atoms with Gasteiger partial charge in [-0.2, -0.15) is 0 Å². The normalized spacial score (nSPS) is 29.1. The lowest BCUT2D eigenvalue weighted by atomic mass is 9.91. The molecule has 1 unspecified atom stereocenters. The predicted molar refractivity (Wildman–Crippen MR) is 78.5 cm³/mol. The molecule has 1 saturated heterocycles. The first-order chi connectivity index (χ1) is 9.45. The van der Waals surface area contributed by atoms with Crippen LogP contribution in [0.25, 0.3) is 0 Å². The average molecular weight is 280 g/mol. The van der Waals surface area contributed by atoms with Crippen molar-refractivity contribution in [2.75, 3.05) is 26.7 Å². The minimum Gasteiger partial charge on any atom is -0.468 e. The molecule has 0 aromatic rings. The number of hydrogen-bond donors (Lipinski definition) is 1. The molecule has 1 atom stereocenters. The van der Waals surface area contributed by atoms with Crippen LogP contribution in [0.15, 0.2) is 0 Å². The third-order valence-electron chi connectivity index (χ3n) is 5.09. The Morgan fingerprint density at radius 3 is 2.50 bits per heavy atom. The van der Waals surface area contributed by atoms with Crippen molar-refractivity contribution in [3.63, 3.8) is 0 Å². The molecule has 20 heavy (non-hydrogen) atoms. The van der Waals surface area contributed by atoms with Gasteiger partial charge < -0.3 is 9.64 Å². The van der Waals surface area contributed by atoms with Crippen LogP contribution in [0.2, 0.25) is 0 Å². The number of rotatable bonds is 6. The first-order valence-electron chi connectivity index (χ1n) is 8.04. The zero-order chi connectivity index (χ0) is 14.4. The summed E-state index contributed by atoms with van der Waals surface area (Å²) in [7, 11) is 1.53. The van der Waals surface area contributed by atoms with Crippen LogP contribution in [0, 0.1) is 11.3 Å². The maximum absolute atomic E-state index is 12.5. The van der Waals surface area contributed by atoms with E-state index >= 15 is 0 Å². The fraction of sp³-hybridized carbons (Fsp3) is 0.938. The Morgan fingerprint density at radius 2 is 2.05 bits per heavy atom. The summed E-state index contributed by atoms with van der Waals surface area (Å²) in [6, 6.07) is 0.533. The second-order valence-electron chi connectivity index (χ2n) is 7.78. The summed E-state index contributed by atoms with van der Waals surface area (Å²) in [6.45, 7) is 7.65. The zero-order valence-corrected chi connectivity index (χ0v) is 13.1. The zero-order valence-electron chi connectivity index (χ0n) is 13.1. The van der Waals surface area contributed by atoms with Crippen molar-refractivity contribution in [3.8, 4) is 0 Å². The lowest BCUT2D eigenvalue weighted by Crippen LogP contribution is -2.61. The molecule has 0 radical (unpaired) electrons. The molecular weight excluding hydrogens is 252 g/mol. The van der Waals surface area contributed by atoms with Crippen LogP contribution in [0.4, 0.5) is 0 Å². The van der Waals surface area contributed by atoms with Gasteiger partial charge in [-0.15, -0.1) is 0 Å². The largest absolute Gasteiger partial charge is 0.468 e. The third kappa shape index (κ3) is 2.86. The van der Waals surface area contributed by atoms with Gasteiger partial charge in [0.2, 0.25) is 0 Å². The molecule has 0 bridgehead atoms. The van der Waals surface area contributed by atoms with Gasteiger partial charge in [0.15, 0.2) is 0 Å². The van der Waals surface area contributed by atoms with Crippen LogP contribution < -0.4 is 5.32 Å². The highest BCUT2D eigenvalue weighted by atomic mass is 16.5. The van der Waals surface area contributed by atoms with Crippen LogP contribution in [-0.2, 0) is 9.53 Å². The summed E-state index contributed by atoms with van der Waals surface area (Å²) in [4.78, 5) is 15.0. The molecule has 1 heterocycles. The minimum atomic E-state index is -0.448. The van der Waals surface area contributed by atoms with Crippen molar-refractivity contribution in [1.29, 1.82) is 0 Å². The molecule has 2 aliphatic carbocycles. The van der Waals surface area contributed by atoms with Crippen molar-refractivity contribution in [3.05, 3.63) is 0 Å². The van der Waals surface area contributed by atoms with E-state index in [9.17, 15) is 4.79 Å². The van der Waals surface area contributed by atoms with Gasteiger partial charge in [-0.25, -0.2) is 4.79 Å². The molecule has 4 heteroatoms. The van der Waals surface area contributed by atoms with Crippen LogP contribution in [0.1, 0.15) is 46.0 Å². The van der Waals surface area contributed by atoms with E-state index in [4.69, 9.17) is 4.74 Å². The molecule has 3 aliphatic rings. The summed E-state index contributed by atoms with van der Waals surface area (Å²) in [5.41, 5.74) is -0.0681. The predicted octanol–water partition coefficient (Wildman–Crippen LogP) is 1.79. The van der Waals surface area contributed by atoms with Gasteiger partial charge in [-0.1, -0.05) is 13.8 Å². The summed E-state index contributed by atoms with van der Waals surface area (Å²) in [5.74, 6) is 0.427. The van der Waals surface area contributed by atoms with Crippen molar-refractivity contribution in [1.82, 2.24) is 10.2 Å². The van der Waals surface area contributed by atoms with Gasteiger partial charge in [0.1, 0.15) is 5.54 Å². The maximum atomic E-state index is 12.5. The highest BCUT2D eigenvalue weighted by Gasteiger charge is 2.55. The van der Waals surface area contributed by atoms with E-state index in [1.54, 1.807) is 0 Å². The number of likely N-dealkylation sites (tertiary alicyclic amines) is 1. The Labute approximate surface area is 122 Å². The number of carbonyl (C=O) groups excluding carboxylic acids is 1. The Balaban J connectivity index is 1.75. The molecule has 0 spiro atoms. The Hall–Kier alpha value is -0.610. The van der Waals surface area contributed by atoms with Crippen LogP contribution in [0.5, 0.6) is 0 Å². The number of esters is 1. The molecule has 3 rings (SSSR count). The SMILES string of the molecule is COC(=O)C(CN1CCC(C)(C)C1)(NC1CC1)C1CC1. The molecule has 1 aliphatic heterocycles. The highest BCUT2D eigenvalue weighted by molar-refractivity contribution is 5.82. The third-order valence-corrected chi connectivity index (χ3v) is 5.09. The van der Waals surface area contributed by atoms with E-state index in [-0.39, 0.29) is 5.97 Å². The topological polar surface area (TPSA) is 41.6 Å². The quantitative estimate of drug-likeness (QED) is 0.753. The Morgan fingerprint density at radius 1 is 1.35 bits per heavy atom. The number of methoxy groups -OCH3 is 1. The van der Waals surface area contributed by atoms with E-state index in [0.717, 1.165) is 32.5 Å². The first-order valence-corrected chi connectivity index (χ1v) is 8.04. The van der Waals surface area contributed by atoms with Crippen LogP contribution >= 0.6 is 0 Å². The molecule has 4 nitrogen and oxygen atoms in total. The second kappa shape index (κ2) is 4.99. The van der Waals surface area contributed by atoms with Crippen molar-refractivity contribution >= 4 is 5.97 Å². The maximum Gasteiger partial charge on any atom is 0.327 e. The van der Waals surface area contributed by atoms with Gasteiger partial charge in [0.25, 0.3) is 0 Å². The number of ether oxygens (including phenoxy) is 1. The molecule has 0 amide bonds. The number of carbonyl (C=O) groups is 1. The lowest BCUT2D eigenvalue weighted by molar-refractivity contribution is -0.151. The van der Waals surface area contributed by atoms with Crippen LogP contribution in [0.3, 0.4) is 0 Å². The van der Waals surface area contributed by atoms with Gasteiger partial charge in [-0.3, -0.25) is 5.32 Å². The lowest BCUT2D eigenvalue weighted by Gasteiger charge is -2.36. The van der Waals surface area contributed by atoms with Crippen molar-refractivity contribution in [2.45, 2.75) is 57.5 Å². The van der Waals surface area contributed by atoms with Gasteiger partial charge in [0, 0.05) is 19.1 Å². The first kappa shape index (κ1) is 14.3. The van der Waals surface area contributed by atoms with E-state index < -0.39 is 5.54 Å². The summed E-state index contributed by atoms with van der Waals surface area (Å²) in [5, 5.41) is 3.66. The van der Waals surface area contributed by atoms with Crippen molar-refractivity contribution < 1.29 is 9.53 Å². The van der Waals surface area contributed by atoms with Crippen LogP contribution in [-0.4, -0.2) is 49.2 Å². The number of hydrogen-bond acceptors (Lipinski definition) is 4. The molecule has 1 N–H and O–H groups in total. The molecule has 114 valence electrons. The van der Waals surface area contributed by atoms with E-state index in [0.29, 0.717) is 17.4 Å². The Bertz CT molecular complexity index is 388. The summed E-state index contributed by atoms with van der Waals surface area (Å²) in [6.07, 6.45) is 5.95. The van der Waals surface area contributed by atoms with E-state index in [2.05, 4.69) is 24.1 Å². The molecule has 0 aromatic heterocycles. The Kier molecular flexibility index (Phi) is 3.57. The molecule has 0 aromatic carbocycles. The minimum absolute atomic E-state index is 0.0448. The van der Waals surface area contributed by atoms with E-state index in [1.807, 2.05) is 0 Å². The highest BCUT2D eigenvalue weighted by Crippen LogP contribution is 2.44. The smallest absolute Gasteiger partial charge is 0.327 e. The summed E-state index contributed by atoms with van der Waals surface area (Å²) < 4.78 is 5.18. The van der Waals surface area contributed by atoms with Gasteiger partial charge >= 0.3 is 5.97 Å². The van der Waals surface area contributed by atoms with E-state index in [1.165, 1.54) is 26.4 Å². The molecule has 2 saturated carbocycles. The van der Waals surface area contributed by atoms with Crippen molar-refractivity contribution in [2.24, 2.45) is 11.3 Å². The monoisotopic (exact) mass is 280 g/mol. The van der Waals surface area contributed by atoms with Gasteiger partial charge in [0.05, 0.1) is 7.11 Å². The second-order valence-corrected chi connectivity index (χ2v) is 7.78. The fourth-order valence-corrected chi connectivity index (χ4v) is 3.64. The number of nitrogens with zero attached hydrogens (tertiary/aromatic N) is 1. The van der Waals surface area contributed by atoms with Gasteiger partial charge in [-0.05, 0) is 50.0 Å². The molecular formula is C16H28N2O2. The average Bonchev–Trinajstić information content (AvgIpc) is 3.27.